The molecule has 0 radical (unpaired) electrons. The minimum Gasteiger partial charge on any atom is -0.490 e. The lowest BCUT2D eigenvalue weighted by molar-refractivity contribution is 0.287. The zero-order valence-corrected chi connectivity index (χ0v) is 16.9. The van der Waals surface area contributed by atoms with E-state index in [4.69, 9.17) is 9.47 Å². The summed E-state index contributed by atoms with van der Waals surface area (Å²) in [4.78, 5) is 2.24. The maximum atomic E-state index is 13.1. The monoisotopic (exact) mass is 408 g/mol. The molecule has 3 rings (SSSR count). The van der Waals surface area contributed by atoms with Gasteiger partial charge in [-0.2, -0.15) is 4.31 Å². The molecular formula is C20H25FN2O4S. The number of anilines is 1. The first-order chi connectivity index (χ1) is 13.5. The molecule has 152 valence electrons. The van der Waals surface area contributed by atoms with Crippen LogP contribution in [-0.2, 0) is 10.0 Å². The molecule has 0 bridgehead atoms. The SMILES string of the molecule is CCOc1ccc(S(=O)(=O)N2CCN(c3ccc(F)cc3)CC2)cc1OCC. The zero-order chi connectivity index (χ0) is 20.1. The molecule has 0 aromatic heterocycles. The second kappa shape index (κ2) is 8.79. The van der Waals surface area contributed by atoms with Crippen molar-refractivity contribution in [2.45, 2.75) is 18.7 Å². The van der Waals surface area contributed by atoms with Crippen LogP contribution in [-0.4, -0.2) is 52.1 Å². The summed E-state index contributed by atoms with van der Waals surface area (Å²) in [6, 6.07) is 10.9. The minimum absolute atomic E-state index is 0.189. The van der Waals surface area contributed by atoms with Crippen molar-refractivity contribution < 1.29 is 22.3 Å². The van der Waals surface area contributed by atoms with Gasteiger partial charge in [0.25, 0.3) is 0 Å². The van der Waals surface area contributed by atoms with Gasteiger partial charge in [-0.3, -0.25) is 0 Å². The molecule has 0 N–H and O–H groups in total. The molecule has 0 amide bonds. The largest absolute Gasteiger partial charge is 0.490 e. The maximum absolute atomic E-state index is 13.1. The Kier molecular flexibility index (Phi) is 6.41. The molecule has 28 heavy (non-hydrogen) atoms. The standard InChI is InChI=1S/C20H25FN2O4S/c1-3-26-19-10-9-18(15-20(19)27-4-2)28(24,25)23-13-11-22(12-14-23)17-7-5-16(21)6-8-17/h5-10,15H,3-4,11-14H2,1-2H3. The molecule has 6 nitrogen and oxygen atoms in total. The fourth-order valence-electron chi connectivity index (χ4n) is 3.18. The van der Waals surface area contributed by atoms with Crippen LogP contribution in [0.2, 0.25) is 0 Å². The van der Waals surface area contributed by atoms with Crippen LogP contribution in [0.4, 0.5) is 10.1 Å². The average molecular weight is 408 g/mol. The summed E-state index contributed by atoms with van der Waals surface area (Å²) >= 11 is 0. The third-order valence-corrected chi connectivity index (χ3v) is 6.48. The minimum atomic E-state index is -3.64. The van der Waals surface area contributed by atoms with Crippen molar-refractivity contribution >= 4 is 15.7 Å². The zero-order valence-electron chi connectivity index (χ0n) is 16.1. The lowest BCUT2D eigenvalue weighted by Crippen LogP contribution is -2.48. The van der Waals surface area contributed by atoms with E-state index in [0.717, 1.165) is 5.69 Å². The van der Waals surface area contributed by atoms with Gasteiger partial charge in [0.1, 0.15) is 5.82 Å². The highest BCUT2D eigenvalue weighted by atomic mass is 32.2. The molecule has 0 unspecified atom stereocenters. The highest BCUT2D eigenvalue weighted by molar-refractivity contribution is 7.89. The first kappa shape index (κ1) is 20.4. The maximum Gasteiger partial charge on any atom is 0.243 e. The number of benzene rings is 2. The third kappa shape index (κ3) is 4.39. The van der Waals surface area contributed by atoms with Crippen LogP contribution in [0.3, 0.4) is 0 Å². The molecule has 1 saturated heterocycles. The van der Waals surface area contributed by atoms with Gasteiger partial charge in [0.15, 0.2) is 11.5 Å². The summed E-state index contributed by atoms with van der Waals surface area (Å²) in [5.74, 6) is 0.672. The third-order valence-electron chi connectivity index (χ3n) is 4.58. The predicted molar refractivity (Wildman–Crippen MR) is 106 cm³/mol. The Morgan fingerprint density at radius 3 is 2.11 bits per heavy atom. The van der Waals surface area contributed by atoms with Gasteiger partial charge < -0.3 is 14.4 Å². The number of hydrogen-bond donors (Lipinski definition) is 0. The topological polar surface area (TPSA) is 59.1 Å². The molecule has 1 aliphatic rings. The van der Waals surface area contributed by atoms with E-state index in [1.165, 1.54) is 22.5 Å². The van der Waals surface area contributed by atoms with Crippen molar-refractivity contribution in [3.05, 3.63) is 48.3 Å². The number of piperazine rings is 1. The van der Waals surface area contributed by atoms with Crippen molar-refractivity contribution in [3.63, 3.8) is 0 Å². The Hall–Kier alpha value is -2.32. The van der Waals surface area contributed by atoms with Gasteiger partial charge in [0.05, 0.1) is 18.1 Å². The second-order valence-electron chi connectivity index (χ2n) is 6.34. The number of rotatable bonds is 7. The molecule has 1 fully saturated rings. The number of ether oxygens (including phenoxy) is 2. The highest BCUT2D eigenvalue weighted by Gasteiger charge is 2.29. The van der Waals surface area contributed by atoms with Crippen molar-refractivity contribution in [2.75, 3.05) is 44.3 Å². The first-order valence-electron chi connectivity index (χ1n) is 9.36. The van der Waals surface area contributed by atoms with Gasteiger partial charge in [0.2, 0.25) is 10.0 Å². The summed E-state index contributed by atoms with van der Waals surface area (Å²) < 4.78 is 51.8. The lowest BCUT2D eigenvalue weighted by atomic mass is 10.2. The number of hydrogen-bond acceptors (Lipinski definition) is 5. The molecule has 0 aliphatic carbocycles. The number of halogens is 1. The fourth-order valence-corrected chi connectivity index (χ4v) is 4.62. The van der Waals surface area contributed by atoms with Crippen molar-refractivity contribution in [1.82, 2.24) is 4.31 Å². The number of sulfonamides is 1. The van der Waals surface area contributed by atoms with E-state index in [1.807, 2.05) is 13.8 Å². The normalized spacial score (nSPS) is 15.5. The van der Waals surface area contributed by atoms with Gasteiger partial charge in [-0.25, -0.2) is 12.8 Å². The Bertz CT molecular complexity index is 895. The van der Waals surface area contributed by atoms with Crippen LogP contribution in [0.5, 0.6) is 11.5 Å². The second-order valence-corrected chi connectivity index (χ2v) is 8.28. The summed E-state index contributed by atoms with van der Waals surface area (Å²) in [5.41, 5.74) is 0.887. The van der Waals surface area contributed by atoms with Crippen molar-refractivity contribution in [3.8, 4) is 11.5 Å². The summed E-state index contributed by atoms with van der Waals surface area (Å²) in [6.07, 6.45) is 0. The van der Waals surface area contributed by atoms with Crippen LogP contribution >= 0.6 is 0 Å². The van der Waals surface area contributed by atoms with E-state index in [1.54, 1.807) is 24.3 Å². The molecule has 0 spiro atoms. The molecule has 8 heteroatoms. The van der Waals surface area contributed by atoms with Crippen LogP contribution in [0, 0.1) is 5.82 Å². The molecule has 1 aliphatic heterocycles. The van der Waals surface area contributed by atoms with E-state index in [9.17, 15) is 12.8 Å². The predicted octanol–water partition coefficient (Wildman–Crippen LogP) is 3.13. The fraction of sp³-hybridized carbons (Fsp3) is 0.400. The Balaban J connectivity index is 1.74. The molecule has 0 atom stereocenters. The van der Waals surface area contributed by atoms with Gasteiger partial charge >= 0.3 is 0 Å². The first-order valence-corrected chi connectivity index (χ1v) is 10.8. The highest BCUT2D eigenvalue weighted by Crippen LogP contribution is 2.32. The number of nitrogens with zero attached hydrogens (tertiary/aromatic N) is 2. The van der Waals surface area contributed by atoms with Crippen LogP contribution in [0.25, 0.3) is 0 Å². The molecule has 2 aromatic rings. The van der Waals surface area contributed by atoms with Crippen molar-refractivity contribution in [1.29, 1.82) is 0 Å². The van der Waals surface area contributed by atoms with Gasteiger partial charge in [-0.05, 0) is 50.2 Å². The van der Waals surface area contributed by atoms with E-state index in [-0.39, 0.29) is 10.7 Å². The molecule has 2 aromatic carbocycles. The summed E-state index contributed by atoms with van der Waals surface area (Å²) in [5, 5.41) is 0. The van der Waals surface area contributed by atoms with Gasteiger partial charge in [-0.1, -0.05) is 0 Å². The lowest BCUT2D eigenvalue weighted by Gasteiger charge is -2.35. The molecule has 1 heterocycles. The van der Waals surface area contributed by atoms with E-state index in [0.29, 0.717) is 50.9 Å². The Morgan fingerprint density at radius 2 is 1.50 bits per heavy atom. The van der Waals surface area contributed by atoms with E-state index < -0.39 is 10.0 Å². The van der Waals surface area contributed by atoms with E-state index >= 15 is 0 Å². The smallest absolute Gasteiger partial charge is 0.243 e. The summed E-state index contributed by atoms with van der Waals surface area (Å²) in [7, 11) is -3.64. The van der Waals surface area contributed by atoms with Gasteiger partial charge in [-0.15, -0.1) is 0 Å². The van der Waals surface area contributed by atoms with Crippen molar-refractivity contribution in [2.24, 2.45) is 0 Å². The Labute approximate surface area is 165 Å². The average Bonchev–Trinajstić information content (AvgIpc) is 2.70. The Morgan fingerprint density at radius 1 is 0.893 bits per heavy atom. The van der Waals surface area contributed by atoms with E-state index in [2.05, 4.69) is 4.90 Å². The molecule has 0 saturated carbocycles. The van der Waals surface area contributed by atoms with Gasteiger partial charge in [0, 0.05) is 37.9 Å². The van der Waals surface area contributed by atoms with Crippen LogP contribution in [0.1, 0.15) is 13.8 Å². The molecular weight excluding hydrogens is 383 g/mol. The quantitative estimate of drug-likeness (QED) is 0.705. The van der Waals surface area contributed by atoms with Crippen LogP contribution in [0.15, 0.2) is 47.4 Å². The summed E-state index contributed by atoms with van der Waals surface area (Å²) in [6.45, 7) is 6.39. The van der Waals surface area contributed by atoms with Crippen LogP contribution < -0.4 is 14.4 Å².